The fraction of sp³-hybridized carbons (Fsp3) is 0.538. The lowest BCUT2D eigenvalue weighted by Gasteiger charge is -2.15. The minimum absolute atomic E-state index is 0.0219. The topological polar surface area (TPSA) is 63.6 Å². The maximum Gasteiger partial charge on any atom is 0.419 e. The van der Waals surface area contributed by atoms with Crippen LogP contribution in [-0.4, -0.2) is 31.6 Å². The molecular formula is C13H17F3O4S. The molecule has 1 rings (SSSR count). The van der Waals surface area contributed by atoms with E-state index in [2.05, 4.69) is 0 Å². The van der Waals surface area contributed by atoms with Crippen molar-refractivity contribution in [3.63, 3.8) is 0 Å². The van der Waals surface area contributed by atoms with E-state index in [4.69, 9.17) is 9.84 Å². The maximum absolute atomic E-state index is 12.9. The molecule has 1 aromatic carbocycles. The summed E-state index contributed by atoms with van der Waals surface area (Å²) in [6.07, 6.45) is -4.19. The molecular weight excluding hydrogens is 309 g/mol. The van der Waals surface area contributed by atoms with Gasteiger partial charge in [-0.1, -0.05) is 13.0 Å². The van der Waals surface area contributed by atoms with Gasteiger partial charge in [0, 0.05) is 0 Å². The summed E-state index contributed by atoms with van der Waals surface area (Å²) in [5.41, 5.74) is -0.921. The first-order valence-electron chi connectivity index (χ1n) is 6.34. The number of benzene rings is 1. The Morgan fingerprint density at radius 2 is 1.90 bits per heavy atom. The second-order valence-corrected chi connectivity index (χ2v) is 6.79. The molecule has 0 spiro atoms. The van der Waals surface area contributed by atoms with E-state index in [9.17, 15) is 21.6 Å². The Morgan fingerprint density at radius 1 is 1.24 bits per heavy atom. The van der Waals surface area contributed by atoms with Gasteiger partial charge in [-0.25, -0.2) is 8.42 Å². The highest BCUT2D eigenvalue weighted by Gasteiger charge is 2.34. The van der Waals surface area contributed by atoms with Crippen LogP contribution < -0.4 is 4.74 Å². The van der Waals surface area contributed by atoms with Crippen LogP contribution in [0.5, 0.6) is 5.75 Å². The molecule has 0 aromatic heterocycles. The van der Waals surface area contributed by atoms with Gasteiger partial charge in [0.1, 0.15) is 12.4 Å². The first kappa shape index (κ1) is 17.8. The van der Waals surface area contributed by atoms with Crippen molar-refractivity contribution in [2.24, 2.45) is 0 Å². The standard InChI is InChI=1S/C13H17F3O4S/c1-2-6-21(18,19)7-5-20-12-4-3-10(9-17)8-11(12)13(14,15)16/h3-4,8,17H,2,5-7,9H2,1H3. The summed E-state index contributed by atoms with van der Waals surface area (Å²) in [7, 11) is -3.31. The monoisotopic (exact) mass is 326 g/mol. The maximum atomic E-state index is 12.9. The van der Waals surface area contributed by atoms with Crippen LogP contribution >= 0.6 is 0 Å². The van der Waals surface area contributed by atoms with Crippen LogP contribution in [0.15, 0.2) is 18.2 Å². The molecule has 0 saturated heterocycles. The molecule has 0 saturated carbocycles. The van der Waals surface area contributed by atoms with Crippen molar-refractivity contribution in [3.8, 4) is 5.75 Å². The molecule has 1 N–H and O–H groups in total. The fourth-order valence-corrected chi connectivity index (χ4v) is 2.88. The summed E-state index contributed by atoms with van der Waals surface area (Å²) in [4.78, 5) is 0. The number of hydrogen-bond donors (Lipinski definition) is 1. The van der Waals surface area contributed by atoms with Gasteiger partial charge in [0.05, 0.1) is 23.7 Å². The number of sulfone groups is 1. The normalized spacial score (nSPS) is 12.4. The number of alkyl halides is 3. The first-order valence-corrected chi connectivity index (χ1v) is 8.16. The van der Waals surface area contributed by atoms with Crippen LogP contribution in [0, 0.1) is 0 Å². The zero-order valence-electron chi connectivity index (χ0n) is 11.5. The van der Waals surface area contributed by atoms with E-state index >= 15 is 0 Å². The molecule has 0 heterocycles. The van der Waals surface area contributed by atoms with Crippen LogP contribution in [0.4, 0.5) is 13.2 Å². The average Bonchev–Trinajstić information content (AvgIpc) is 2.37. The molecule has 4 nitrogen and oxygen atoms in total. The van der Waals surface area contributed by atoms with Gasteiger partial charge in [0.2, 0.25) is 0 Å². The van der Waals surface area contributed by atoms with E-state index in [1.54, 1.807) is 6.92 Å². The van der Waals surface area contributed by atoms with Gasteiger partial charge in [0.25, 0.3) is 0 Å². The van der Waals surface area contributed by atoms with Crippen LogP contribution in [0.25, 0.3) is 0 Å². The van der Waals surface area contributed by atoms with Gasteiger partial charge in [-0.2, -0.15) is 13.2 Å². The summed E-state index contributed by atoms with van der Waals surface area (Å²) in [5.74, 6) is -0.794. The van der Waals surface area contributed by atoms with Crippen molar-refractivity contribution in [1.82, 2.24) is 0 Å². The minimum Gasteiger partial charge on any atom is -0.492 e. The highest BCUT2D eigenvalue weighted by Crippen LogP contribution is 2.36. The summed E-state index contributed by atoms with van der Waals surface area (Å²) in [6.45, 7) is 0.839. The largest absolute Gasteiger partial charge is 0.492 e. The zero-order valence-corrected chi connectivity index (χ0v) is 12.3. The van der Waals surface area contributed by atoms with Gasteiger partial charge in [-0.3, -0.25) is 0 Å². The van der Waals surface area contributed by atoms with Gasteiger partial charge in [-0.15, -0.1) is 0 Å². The number of aliphatic hydroxyl groups excluding tert-OH is 1. The van der Waals surface area contributed by atoms with E-state index in [1.165, 1.54) is 6.07 Å². The molecule has 0 amide bonds. The van der Waals surface area contributed by atoms with E-state index in [0.29, 0.717) is 6.42 Å². The molecule has 1 aromatic rings. The zero-order chi connectivity index (χ0) is 16.1. The van der Waals surface area contributed by atoms with Crippen LogP contribution in [0.1, 0.15) is 24.5 Å². The van der Waals surface area contributed by atoms with Crippen LogP contribution in [-0.2, 0) is 22.6 Å². The Hall–Kier alpha value is -1.28. The smallest absolute Gasteiger partial charge is 0.419 e. The summed E-state index contributed by atoms with van der Waals surface area (Å²) in [5, 5.41) is 8.87. The lowest BCUT2D eigenvalue weighted by molar-refractivity contribution is -0.139. The molecule has 0 aliphatic carbocycles. The van der Waals surface area contributed by atoms with Gasteiger partial charge >= 0.3 is 6.18 Å². The molecule has 0 bridgehead atoms. The number of halogens is 3. The molecule has 0 aliphatic heterocycles. The molecule has 21 heavy (non-hydrogen) atoms. The van der Waals surface area contributed by atoms with Crippen molar-refractivity contribution in [1.29, 1.82) is 0 Å². The van der Waals surface area contributed by atoms with Crippen LogP contribution in [0.2, 0.25) is 0 Å². The second-order valence-electron chi connectivity index (χ2n) is 4.49. The average molecular weight is 326 g/mol. The van der Waals surface area contributed by atoms with Crippen LogP contribution in [0.3, 0.4) is 0 Å². The Labute approximate surface area is 121 Å². The highest BCUT2D eigenvalue weighted by atomic mass is 32.2. The summed E-state index contributed by atoms with van der Waals surface area (Å²) in [6, 6.07) is 3.17. The third-order valence-corrected chi connectivity index (χ3v) is 4.52. The third kappa shape index (κ3) is 5.55. The third-order valence-electron chi connectivity index (χ3n) is 2.70. The minimum atomic E-state index is -4.64. The van der Waals surface area contributed by atoms with Crippen molar-refractivity contribution in [2.45, 2.75) is 26.1 Å². The number of rotatable bonds is 7. The van der Waals surface area contributed by atoms with Gasteiger partial charge in [-0.05, 0) is 24.1 Å². The molecule has 120 valence electrons. The van der Waals surface area contributed by atoms with Gasteiger partial charge in [0.15, 0.2) is 9.84 Å². The van der Waals surface area contributed by atoms with E-state index in [0.717, 1.165) is 12.1 Å². The van der Waals surface area contributed by atoms with E-state index in [-0.39, 0.29) is 23.7 Å². The Bertz CT molecular complexity index is 567. The Morgan fingerprint density at radius 3 is 2.43 bits per heavy atom. The molecule has 0 atom stereocenters. The Kier molecular flexibility index (Phi) is 6.03. The van der Waals surface area contributed by atoms with Crippen molar-refractivity contribution >= 4 is 9.84 Å². The predicted molar refractivity (Wildman–Crippen MR) is 71.8 cm³/mol. The highest BCUT2D eigenvalue weighted by molar-refractivity contribution is 7.91. The number of hydrogen-bond acceptors (Lipinski definition) is 4. The van der Waals surface area contributed by atoms with Crippen molar-refractivity contribution < 1.29 is 31.4 Å². The first-order chi connectivity index (χ1) is 9.69. The quantitative estimate of drug-likeness (QED) is 0.836. The summed E-state index contributed by atoms with van der Waals surface area (Å²) < 4.78 is 66.5. The molecule has 0 fully saturated rings. The van der Waals surface area contributed by atoms with E-state index in [1.807, 2.05) is 0 Å². The van der Waals surface area contributed by atoms with E-state index < -0.39 is 33.9 Å². The number of aliphatic hydroxyl groups is 1. The molecule has 8 heteroatoms. The lowest BCUT2D eigenvalue weighted by atomic mass is 10.1. The lowest BCUT2D eigenvalue weighted by Crippen LogP contribution is -2.18. The summed E-state index contributed by atoms with van der Waals surface area (Å²) >= 11 is 0. The molecule has 0 unspecified atom stereocenters. The molecule has 0 radical (unpaired) electrons. The van der Waals surface area contributed by atoms with Crippen molar-refractivity contribution in [3.05, 3.63) is 29.3 Å². The second kappa shape index (κ2) is 7.13. The van der Waals surface area contributed by atoms with Crippen molar-refractivity contribution in [2.75, 3.05) is 18.1 Å². The van der Waals surface area contributed by atoms with Gasteiger partial charge < -0.3 is 9.84 Å². The fourth-order valence-electron chi connectivity index (χ4n) is 1.71. The molecule has 0 aliphatic rings. The number of ether oxygens (including phenoxy) is 1. The predicted octanol–water partition coefficient (Wildman–Crippen LogP) is 2.40. The Balaban J connectivity index is 2.84. The SMILES string of the molecule is CCCS(=O)(=O)CCOc1ccc(CO)cc1C(F)(F)F.